The molecule has 2 rings (SSSR count). The fraction of sp³-hybridized carbons (Fsp3) is 0.611. The second-order valence-corrected chi connectivity index (χ2v) is 6.40. The molecule has 1 saturated heterocycles. The normalized spacial score (nSPS) is 18.8. The van der Waals surface area contributed by atoms with E-state index in [0.717, 1.165) is 5.75 Å². The lowest BCUT2D eigenvalue weighted by molar-refractivity contribution is -0.143. The summed E-state index contributed by atoms with van der Waals surface area (Å²) in [5, 5.41) is 6.33. The third kappa shape index (κ3) is 7.51. The molecule has 1 aromatic rings. The highest BCUT2D eigenvalue weighted by molar-refractivity contribution is 5.80. The first-order valence-corrected chi connectivity index (χ1v) is 8.89. The molecule has 2 N–H and O–H groups in total. The van der Waals surface area contributed by atoms with Crippen molar-refractivity contribution >= 4 is 5.96 Å². The lowest BCUT2D eigenvalue weighted by Gasteiger charge is -2.19. The molecule has 0 amide bonds. The van der Waals surface area contributed by atoms with E-state index in [-0.39, 0.29) is 6.04 Å². The van der Waals surface area contributed by atoms with Gasteiger partial charge in [-0.15, -0.1) is 0 Å². The maximum atomic E-state index is 12.5. The Morgan fingerprint density at radius 1 is 1.31 bits per heavy atom. The molecule has 1 atom stereocenters. The average molecular weight is 372 g/mol. The van der Waals surface area contributed by atoms with Crippen LogP contribution in [0.3, 0.4) is 0 Å². The van der Waals surface area contributed by atoms with Crippen LogP contribution in [0.15, 0.2) is 29.3 Å². The van der Waals surface area contributed by atoms with Crippen LogP contribution >= 0.6 is 0 Å². The lowest BCUT2D eigenvalue weighted by Crippen LogP contribution is -2.45. The van der Waals surface area contributed by atoms with Crippen LogP contribution < -0.4 is 15.4 Å². The van der Waals surface area contributed by atoms with Crippen LogP contribution in [0.4, 0.5) is 13.2 Å². The van der Waals surface area contributed by atoms with E-state index in [0.29, 0.717) is 45.2 Å². The van der Waals surface area contributed by atoms with Gasteiger partial charge in [-0.3, -0.25) is 4.90 Å². The average Bonchev–Trinajstić information content (AvgIpc) is 2.98. The Morgan fingerprint density at radius 3 is 2.69 bits per heavy atom. The van der Waals surface area contributed by atoms with E-state index in [4.69, 9.17) is 4.74 Å². The van der Waals surface area contributed by atoms with E-state index in [1.54, 1.807) is 0 Å². The Labute approximate surface area is 152 Å². The number of halogens is 3. The summed E-state index contributed by atoms with van der Waals surface area (Å²) < 4.78 is 43.1. The van der Waals surface area contributed by atoms with Gasteiger partial charge in [0.2, 0.25) is 0 Å². The molecule has 1 unspecified atom stereocenters. The highest BCUT2D eigenvalue weighted by Crippen LogP contribution is 2.19. The molecule has 0 aromatic heterocycles. The molecule has 0 spiro atoms. The molecule has 1 aliphatic heterocycles. The van der Waals surface area contributed by atoms with Crippen LogP contribution in [-0.4, -0.2) is 62.4 Å². The zero-order valence-corrected chi connectivity index (χ0v) is 15.3. The molecule has 0 aliphatic carbocycles. The minimum Gasteiger partial charge on any atom is -0.492 e. The molecular weight excluding hydrogens is 345 g/mol. The third-order valence-corrected chi connectivity index (χ3v) is 4.01. The van der Waals surface area contributed by atoms with Gasteiger partial charge in [0.05, 0.1) is 13.1 Å². The molecule has 146 valence electrons. The van der Waals surface area contributed by atoms with E-state index < -0.39 is 12.7 Å². The molecule has 8 heteroatoms. The number of guanidine groups is 1. The Bertz CT molecular complexity index is 575. The SMILES string of the molecule is CCNC(=NCCOc1ccc(C)cc1)NC1CCN(CC(F)(F)F)C1. The van der Waals surface area contributed by atoms with Gasteiger partial charge in [-0.25, -0.2) is 4.99 Å². The Morgan fingerprint density at radius 2 is 2.04 bits per heavy atom. The molecule has 0 saturated carbocycles. The predicted octanol–water partition coefficient (Wildman–Crippen LogP) is 2.57. The number of aryl methyl sites for hydroxylation is 1. The van der Waals surface area contributed by atoms with Gasteiger partial charge in [-0.2, -0.15) is 13.2 Å². The predicted molar refractivity (Wildman–Crippen MR) is 96.7 cm³/mol. The number of nitrogens with zero attached hydrogens (tertiary/aromatic N) is 2. The van der Waals surface area contributed by atoms with Crippen LogP contribution in [0.5, 0.6) is 5.75 Å². The van der Waals surface area contributed by atoms with E-state index >= 15 is 0 Å². The van der Waals surface area contributed by atoms with Gasteiger partial charge >= 0.3 is 6.18 Å². The molecule has 1 aromatic carbocycles. The molecule has 1 heterocycles. The standard InChI is InChI=1S/C18H27F3N4O/c1-3-22-17(23-9-11-26-16-6-4-14(2)5-7-16)24-15-8-10-25(12-15)13-18(19,20)21/h4-7,15H,3,8-13H2,1-2H3,(H2,22,23,24). The van der Waals surface area contributed by atoms with Crippen molar-refractivity contribution in [2.75, 3.05) is 39.3 Å². The maximum Gasteiger partial charge on any atom is 0.401 e. The Hall–Kier alpha value is -1.96. The Balaban J connectivity index is 1.76. The number of aliphatic imine (C=N–C) groups is 1. The fourth-order valence-corrected chi connectivity index (χ4v) is 2.82. The van der Waals surface area contributed by atoms with Gasteiger partial charge in [-0.05, 0) is 32.4 Å². The van der Waals surface area contributed by atoms with Crippen molar-refractivity contribution in [3.63, 3.8) is 0 Å². The highest BCUT2D eigenvalue weighted by atomic mass is 19.4. The quantitative estimate of drug-likeness (QED) is 0.439. The van der Waals surface area contributed by atoms with Gasteiger partial charge < -0.3 is 15.4 Å². The summed E-state index contributed by atoms with van der Waals surface area (Å²) in [6.07, 6.45) is -3.48. The zero-order valence-electron chi connectivity index (χ0n) is 15.3. The van der Waals surface area contributed by atoms with E-state index in [1.165, 1.54) is 10.5 Å². The molecule has 1 fully saturated rings. The van der Waals surface area contributed by atoms with Gasteiger partial charge in [-0.1, -0.05) is 17.7 Å². The summed E-state index contributed by atoms with van der Waals surface area (Å²) in [6, 6.07) is 7.76. The van der Waals surface area contributed by atoms with Crippen LogP contribution in [-0.2, 0) is 0 Å². The minimum atomic E-state index is -4.15. The number of benzene rings is 1. The summed E-state index contributed by atoms with van der Waals surface area (Å²) >= 11 is 0. The van der Waals surface area contributed by atoms with Crippen LogP contribution in [0.2, 0.25) is 0 Å². The second kappa shape index (κ2) is 9.66. The van der Waals surface area contributed by atoms with Crippen molar-refractivity contribution in [1.82, 2.24) is 15.5 Å². The smallest absolute Gasteiger partial charge is 0.401 e. The number of hydrogen-bond donors (Lipinski definition) is 2. The van der Waals surface area contributed by atoms with Gasteiger partial charge in [0.25, 0.3) is 0 Å². The fourth-order valence-electron chi connectivity index (χ4n) is 2.82. The first-order chi connectivity index (χ1) is 12.4. The van der Waals surface area contributed by atoms with Crippen LogP contribution in [0.25, 0.3) is 0 Å². The first kappa shape index (κ1) is 20.4. The number of nitrogens with one attached hydrogen (secondary N) is 2. The number of ether oxygens (including phenoxy) is 1. The van der Waals surface area contributed by atoms with E-state index in [9.17, 15) is 13.2 Å². The van der Waals surface area contributed by atoms with Crippen molar-refractivity contribution in [3.8, 4) is 5.75 Å². The van der Waals surface area contributed by atoms with Crippen molar-refractivity contribution < 1.29 is 17.9 Å². The summed E-state index contributed by atoms with van der Waals surface area (Å²) in [6.45, 7) is 5.49. The topological polar surface area (TPSA) is 48.9 Å². The molecule has 0 radical (unpaired) electrons. The summed E-state index contributed by atoms with van der Waals surface area (Å²) in [5.41, 5.74) is 1.17. The van der Waals surface area contributed by atoms with E-state index in [2.05, 4.69) is 15.6 Å². The summed E-state index contributed by atoms with van der Waals surface area (Å²) in [7, 11) is 0. The zero-order chi connectivity index (χ0) is 19.0. The van der Waals surface area contributed by atoms with Crippen LogP contribution in [0, 0.1) is 6.92 Å². The highest BCUT2D eigenvalue weighted by Gasteiger charge is 2.34. The molecule has 5 nitrogen and oxygen atoms in total. The van der Waals surface area contributed by atoms with E-state index in [1.807, 2.05) is 38.1 Å². The minimum absolute atomic E-state index is 0.0341. The summed E-state index contributed by atoms with van der Waals surface area (Å²) in [4.78, 5) is 5.86. The molecule has 26 heavy (non-hydrogen) atoms. The van der Waals surface area contributed by atoms with Gasteiger partial charge in [0.1, 0.15) is 12.4 Å². The molecular formula is C18H27F3N4O. The molecule has 1 aliphatic rings. The van der Waals surface area contributed by atoms with Crippen molar-refractivity contribution in [3.05, 3.63) is 29.8 Å². The van der Waals surface area contributed by atoms with Gasteiger partial charge in [0.15, 0.2) is 5.96 Å². The van der Waals surface area contributed by atoms with Crippen molar-refractivity contribution in [1.29, 1.82) is 0 Å². The number of hydrogen-bond acceptors (Lipinski definition) is 3. The van der Waals surface area contributed by atoms with Crippen LogP contribution in [0.1, 0.15) is 18.9 Å². The first-order valence-electron chi connectivity index (χ1n) is 8.89. The third-order valence-electron chi connectivity index (χ3n) is 4.01. The van der Waals surface area contributed by atoms with Crippen molar-refractivity contribution in [2.24, 2.45) is 4.99 Å². The summed E-state index contributed by atoms with van der Waals surface area (Å²) in [5.74, 6) is 1.40. The number of likely N-dealkylation sites (tertiary alicyclic amines) is 1. The number of rotatable bonds is 7. The van der Waals surface area contributed by atoms with Crippen molar-refractivity contribution in [2.45, 2.75) is 32.5 Å². The molecule has 0 bridgehead atoms. The monoisotopic (exact) mass is 372 g/mol. The van der Waals surface area contributed by atoms with Gasteiger partial charge in [0, 0.05) is 25.7 Å². The second-order valence-electron chi connectivity index (χ2n) is 6.40. The lowest BCUT2D eigenvalue weighted by atomic mass is 10.2. The largest absolute Gasteiger partial charge is 0.492 e. The Kier molecular flexibility index (Phi) is 7.56. The number of alkyl halides is 3. The maximum absolute atomic E-state index is 12.5.